The maximum atomic E-state index is 12.9. The number of carbonyl (C=O) groups is 3. The molecular formula is C26H30N2O5S. The lowest BCUT2D eigenvalue weighted by Gasteiger charge is -2.37. The number of carbonyl (C=O) groups excluding carboxylic acids is 2. The van der Waals surface area contributed by atoms with Gasteiger partial charge in [-0.1, -0.05) is 48.5 Å². The van der Waals surface area contributed by atoms with E-state index in [0.717, 1.165) is 22.6 Å². The molecule has 2 aromatic carbocycles. The van der Waals surface area contributed by atoms with Gasteiger partial charge in [-0.3, -0.25) is 9.59 Å². The number of benzene rings is 2. The molecule has 3 N–H and O–H groups in total. The molecule has 1 aliphatic carbocycles. The van der Waals surface area contributed by atoms with Gasteiger partial charge < -0.3 is 20.5 Å². The van der Waals surface area contributed by atoms with Crippen molar-refractivity contribution in [3.05, 3.63) is 59.7 Å². The number of carboxylic acids is 1. The Morgan fingerprint density at radius 3 is 2.24 bits per heavy atom. The van der Waals surface area contributed by atoms with E-state index in [9.17, 15) is 14.4 Å². The second-order valence-corrected chi connectivity index (χ2v) is 10.1. The lowest BCUT2D eigenvalue weighted by atomic mass is 9.88. The van der Waals surface area contributed by atoms with Crippen LogP contribution in [0, 0.1) is 0 Å². The van der Waals surface area contributed by atoms with Crippen LogP contribution in [0.25, 0.3) is 11.1 Å². The Balaban J connectivity index is 1.36. The fourth-order valence-electron chi connectivity index (χ4n) is 4.80. The van der Waals surface area contributed by atoms with E-state index in [4.69, 9.17) is 9.84 Å². The highest BCUT2D eigenvalue weighted by Crippen LogP contribution is 2.44. The summed E-state index contributed by atoms with van der Waals surface area (Å²) in [5.74, 6) is 0.628. The van der Waals surface area contributed by atoms with Crippen molar-refractivity contribution < 1.29 is 24.2 Å². The zero-order valence-electron chi connectivity index (χ0n) is 19.0. The Labute approximate surface area is 203 Å². The first-order valence-electron chi connectivity index (χ1n) is 11.7. The van der Waals surface area contributed by atoms with Crippen molar-refractivity contribution >= 4 is 29.7 Å². The molecule has 2 aliphatic rings. The summed E-state index contributed by atoms with van der Waals surface area (Å²) in [6.07, 6.45) is 1.41. The highest BCUT2D eigenvalue weighted by molar-refractivity contribution is 7.99. The van der Waals surface area contributed by atoms with E-state index < -0.39 is 17.6 Å². The lowest BCUT2D eigenvalue weighted by Crippen LogP contribution is -2.53. The van der Waals surface area contributed by atoms with Gasteiger partial charge in [-0.15, -0.1) is 0 Å². The predicted molar refractivity (Wildman–Crippen MR) is 132 cm³/mol. The molecule has 0 bridgehead atoms. The molecule has 2 aromatic rings. The fourth-order valence-corrected chi connectivity index (χ4v) is 6.07. The molecule has 1 heterocycles. The van der Waals surface area contributed by atoms with Crippen molar-refractivity contribution in [2.45, 2.75) is 43.6 Å². The van der Waals surface area contributed by atoms with Crippen LogP contribution in [0.2, 0.25) is 0 Å². The quantitative estimate of drug-likeness (QED) is 0.464. The molecule has 0 spiro atoms. The fraction of sp³-hybridized carbons (Fsp3) is 0.423. The Morgan fingerprint density at radius 2 is 1.62 bits per heavy atom. The van der Waals surface area contributed by atoms with Gasteiger partial charge in [-0.2, -0.15) is 11.8 Å². The number of nitrogens with one attached hydrogen (secondary N) is 2. The number of fused-ring (bicyclic) bond motifs is 3. The number of aliphatic carboxylic acids is 1. The first-order valence-corrected chi connectivity index (χ1v) is 12.8. The van der Waals surface area contributed by atoms with Crippen LogP contribution >= 0.6 is 11.8 Å². The topological polar surface area (TPSA) is 105 Å². The summed E-state index contributed by atoms with van der Waals surface area (Å²) >= 11 is 1.81. The minimum atomic E-state index is -0.882. The van der Waals surface area contributed by atoms with Crippen LogP contribution in [-0.4, -0.2) is 53.3 Å². The van der Waals surface area contributed by atoms with Crippen LogP contribution in [0.15, 0.2) is 48.5 Å². The van der Waals surface area contributed by atoms with Gasteiger partial charge in [0.05, 0.1) is 5.54 Å². The number of alkyl carbamates (subject to hydrolysis) is 1. The van der Waals surface area contributed by atoms with Gasteiger partial charge in [0.25, 0.3) is 0 Å². The van der Waals surface area contributed by atoms with Crippen LogP contribution in [0.5, 0.6) is 0 Å². The molecule has 1 fully saturated rings. The maximum Gasteiger partial charge on any atom is 0.407 e. The summed E-state index contributed by atoms with van der Waals surface area (Å²) < 4.78 is 5.72. The van der Waals surface area contributed by atoms with Crippen LogP contribution in [-0.2, 0) is 14.3 Å². The zero-order chi connectivity index (χ0) is 24.0. The van der Waals surface area contributed by atoms with Gasteiger partial charge in [0.1, 0.15) is 6.61 Å². The van der Waals surface area contributed by atoms with Gasteiger partial charge in [0.15, 0.2) is 0 Å². The number of amides is 2. The van der Waals surface area contributed by atoms with E-state index in [2.05, 4.69) is 34.9 Å². The third-order valence-electron chi connectivity index (χ3n) is 6.55. The second-order valence-electron chi connectivity index (χ2n) is 8.87. The number of carboxylic acid groups (broad SMARTS) is 1. The van der Waals surface area contributed by atoms with E-state index in [1.165, 1.54) is 11.1 Å². The second kappa shape index (κ2) is 11.0. The highest BCUT2D eigenvalue weighted by atomic mass is 32.2. The van der Waals surface area contributed by atoms with Crippen molar-refractivity contribution in [3.8, 4) is 11.1 Å². The summed E-state index contributed by atoms with van der Waals surface area (Å²) in [6, 6.07) is 16.4. The Kier molecular flexibility index (Phi) is 7.77. The molecule has 1 saturated heterocycles. The minimum absolute atomic E-state index is 0.0140. The molecular weight excluding hydrogens is 452 g/mol. The normalized spacial score (nSPS) is 16.2. The van der Waals surface area contributed by atoms with Crippen LogP contribution < -0.4 is 10.6 Å². The molecule has 2 amide bonds. The average Bonchev–Trinajstić information content (AvgIpc) is 3.14. The van der Waals surface area contributed by atoms with E-state index >= 15 is 0 Å². The lowest BCUT2D eigenvalue weighted by molar-refractivity contribution is -0.137. The van der Waals surface area contributed by atoms with Crippen molar-refractivity contribution in [2.24, 2.45) is 0 Å². The van der Waals surface area contributed by atoms with Crippen LogP contribution in [0.3, 0.4) is 0 Å². The number of rotatable bonds is 9. The van der Waals surface area contributed by atoms with Gasteiger partial charge in [-0.05, 0) is 53.0 Å². The minimum Gasteiger partial charge on any atom is -0.481 e. The van der Waals surface area contributed by atoms with Gasteiger partial charge in [0, 0.05) is 25.3 Å². The standard InChI is InChI=1S/C26H30N2O5S/c29-23(27-13-5-10-24(30)31)16-26(11-14-34-15-12-26)28-25(32)33-17-22-20-8-3-1-6-18(20)19-7-2-4-9-21(19)22/h1-4,6-9,22H,5,10-17H2,(H,27,29)(H,28,32)(H,30,31). The summed E-state index contributed by atoms with van der Waals surface area (Å²) in [4.78, 5) is 36.1. The first kappa shape index (κ1) is 24.1. The summed E-state index contributed by atoms with van der Waals surface area (Å²) in [5.41, 5.74) is 4.01. The zero-order valence-corrected chi connectivity index (χ0v) is 19.9. The predicted octanol–water partition coefficient (Wildman–Crippen LogP) is 4.16. The molecule has 1 aliphatic heterocycles. The van der Waals surface area contributed by atoms with Gasteiger partial charge >= 0.3 is 12.1 Å². The Bertz CT molecular complexity index is 1010. The van der Waals surface area contributed by atoms with Crippen molar-refractivity contribution in [2.75, 3.05) is 24.7 Å². The van der Waals surface area contributed by atoms with E-state index in [1.54, 1.807) is 11.8 Å². The molecule has 34 heavy (non-hydrogen) atoms. The van der Waals surface area contributed by atoms with Crippen molar-refractivity contribution in [3.63, 3.8) is 0 Å². The average molecular weight is 483 g/mol. The molecule has 0 saturated carbocycles. The molecule has 180 valence electrons. The monoisotopic (exact) mass is 482 g/mol. The molecule has 0 radical (unpaired) electrons. The Morgan fingerprint density at radius 1 is 1.00 bits per heavy atom. The molecule has 0 atom stereocenters. The Hall–Kier alpha value is -3.00. The highest BCUT2D eigenvalue weighted by Gasteiger charge is 2.37. The summed E-state index contributed by atoms with van der Waals surface area (Å²) in [7, 11) is 0. The van der Waals surface area contributed by atoms with E-state index in [1.807, 2.05) is 24.3 Å². The summed E-state index contributed by atoms with van der Waals surface area (Å²) in [5, 5.41) is 14.5. The number of ether oxygens (including phenoxy) is 1. The molecule has 7 nitrogen and oxygen atoms in total. The maximum absolute atomic E-state index is 12.9. The number of thioether (sulfide) groups is 1. The largest absolute Gasteiger partial charge is 0.481 e. The SMILES string of the molecule is O=C(O)CCCNC(=O)CC1(NC(=O)OCC2c3ccccc3-c3ccccc32)CCSCC1. The van der Waals surface area contributed by atoms with Crippen LogP contribution in [0.4, 0.5) is 4.79 Å². The van der Waals surface area contributed by atoms with Gasteiger partial charge in [-0.25, -0.2) is 4.79 Å². The smallest absolute Gasteiger partial charge is 0.407 e. The number of hydrogen-bond donors (Lipinski definition) is 3. The van der Waals surface area contributed by atoms with E-state index in [0.29, 0.717) is 25.8 Å². The number of hydrogen-bond acceptors (Lipinski definition) is 5. The third-order valence-corrected chi connectivity index (χ3v) is 7.53. The van der Waals surface area contributed by atoms with Gasteiger partial charge in [0.2, 0.25) is 5.91 Å². The summed E-state index contributed by atoms with van der Waals surface area (Å²) in [6.45, 7) is 0.535. The van der Waals surface area contributed by atoms with E-state index in [-0.39, 0.29) is 31.3 Å². The first-order chi connectivity index (χ1) is 16.5. The molecule has 0 aromatic heterocycles. The third kappa shape index (κ3) is 5.73. The molecule has 4 rings (SSSR count). The molecule has 0 unspecified atom stereocenters. The van der Waals surface area contributed by atoms with Crippen molar-refractivity contribution in [1.82, 2.24) is 10.6 Å². The van der Waals surface area contributed by atoms with Crippen molar-refractivity contribution in [1.29, 1.82) is 0 Å². The van der Waals surface area contributed by atoms with Crippen LogP contribution in [0.1, 0.15) is 49.1 Å². The molecule has 8 heteroatoms.